The van der Waals surface area contributed by atoms with Gasteiger partial charge < -0.3 is 9.80 Å². The van der Waals surface area contributed by atoms with Crippen molar-refractivity contribution in [3.63, 3.8) is 0 Å². The van der Waals surface area contributed by atoms with E-state index < -0.39 is 0 Å². The number of rotatable bonds is 3. The number of likely N-dealkylation sites (tertiary alicyclic amines) is 2. The van der Waals surface area contributed by atoms with Gasteiger partial charge in [-0.2, -0.15) is 0 Å². The number of hydrogen-bond donors (Lipinski definition) is 0. The minimum Gasteiger partial charge on any atom is -0.338 e. The van der Waals surface area contributed by atoms with Gasteiger partial charge in [0.2, 0.25) is 5.91 Å². The lowest BCUT2D eigenvalue weighted by Crippen LogP contribution is -2.47. The Bertz CT molecular complexity index is 338. The maximum atomic E-state index is 12.7. The molecule has 3 aliphatic rings. The molecule has 114 valence electrons. The lowest BCUT2D eigenvalue weighted by Gasteiger charge is -2.34. The molecule has 0 aromatic rings. The summed E-state index contributed by atoms with van der Waals surface area (Å²) in [6.07, 6.45) is 12.5. The highest BCUT2D eigenvalue weighted by Crippen LogP contribution is 2.32. The Morgan fingerprint density at radius 1 is 0.900 bits per heavy atom. The van der Waals surface area contributed by atoms with Crippen molar-refractivity contribution in [2.24, 2.45) is 5.92 Å². The highest BCUT2D eigenvalue weighted by molar-refractivity contribution is 5.77. The second kappa shape index (κ2) is 6.46. The van der Waals surface area contributed by atoms with Crippen LogP contribution < -0.4 is 0 Å². The first-order valence-corrected chi connectivity index (χ1v) is 8.75. The average molecular weight is 278 g/mol. The van der Waals surface area contributed by atoms with E-state index in [9.17, 15) is 4.79 Å². The van der Waals surface area contributed by atoms with E-state index in [0.29, 0.717) is 23.9 Å². The molecule has 0 radical (unpaired) electrons. The summed E-state index contributed by atoms with van der Waals surface area (Å²) >= 11 is 0. The van der Waals surface area contributed by atoms with E-state index in [4.69, 9.17) is 0 Å². The molecule has 2 atom stereocenters. The highest BCUT2D eigenvalue weighted by atomic mass is 16.2. The van der Waals surface area contributed by atoms with Gasteiger partial charge in [-0.15, -0.1) is 0 Å². The largest absolute Gasteiger partial charge is 0.338 e. The standard InChI is InChI=1S/C17H30N2O/c1-18-11-5-9-15(18)16-10-6-12-19(16)17(20)13-14-7-3-2-4-8-14/h14-16H,2-13H2,1H3/t15-,16-/m1/s1. The van der Waals surface area contributed by atoms with Crippen molar-refractivity contribution in [1.29, 1.82) is 0 Å². The van der Waals surface area contributed by atoms with Crippen LogP contribution in [0.3, 0.4) is 0 Å². The molecule has 3 nitrogen and oxygen atoms in total. The van der Waals surface area contributed by atoms with Gasteiger partial charge in [-0.05, 0) is 58.0 Å². The van der Waals surface area contributed by atoms with Gasteiger partial charge >= 0.3 is 0 Å². The normalized spacial score (nSPS) is 33.0. The Morgan fingerprint density at radius 3 is 2.30 bits per heavy atom. The zero-order valence-corrected chi connectivity index (χ0v) is 13.0. The number of hydrogen-bond acceptors (Lipinski definition) is 2. The van der Waals surface area contributed by atoms with Gasteiger partial charge in [-0.25, -0.2) is 0 Å². The maximum absolute atomic E-state index is 12.7. The fraction of sp³-hybridized carbons (Fsp3) is 0.941. The van der Waals surface area contributed by atoms with Gasteiger partial charge in [0.15, 0.2) is 0 Å². The molecule has 3 heteroatoms. The molecule has 0 unspecified atom stereocenters. The van der Waals surface area contributed by atoms with Crippen LogP contribution in [0.2, 0.25) is 0 Å². The van der Waals surface area contributed by atoms with Crippen molar-refractivity contribution in [2.45, 2.75) is 76.3 Å². The van der Waals surface area contributed by atoms with E-state index in [1.54, 1.807) is 0 Å². The van der Waals surface area contributed by atoms with Crippen molar-refractivity contribution in [2.75, 3.05) is 20.1 Å². The molecule has 1 saturated carbocycles. The molecule has 0 N–H and O–H groups in total. The van der Waals surface area contributed by atoms with E-state index in [0.717, 1.165) is 13.0 Å². The van der Waals surface area contributed by atoms with Crippen LogP contribution in [0.25, 0.3) is 0 Å². The molecule has 0 aromatic carbocycles. The maximum Gasteiger partial charge on any atom is 0.223 e. The molecule has 20 heavy (non-hydrogen) atoms. The van der Waals surface area contributed by atoms with Crippen molar-refractivity contribution in [3.8, 4) is 0 Å². The summed E-state index contributed by atoms with van der Waals surface area (Å²) in [6.45, 7) is 2.23. The summed E-state index contributed by atoms with van der Waals surface area (Å²) in [6, 6.07) is 1.14. The molecular weight excluding hydrogens is 248 g/mol. The smallest absolute Gasteiger partial charge is 0.223 e. The van der Waals surface area contributed by atoms with E-state index in [2.05, 4.69) is 16.8 Å². The number of carbonyl (C=O) groups excluding carboxylic acids is 1. The van der Waals surface area contributed by atoms with Crippen molar-refractivity contribution >= 4 is 5.91 Å². The Labute approximate surface area is 123 Å². The third-order valence-electron chi connectivity index (χ3n) is 5.83. The lowest BCUT2D eigenvalue weighted by molar-refractivity contribution is -0.134. The predicted octanol–water partition coefficient (Wildman–Crippen LogP) is 3.04. The first-order chi connectivity index (χ1) is 9.75. The average Bonchev–Trinajstić information content (AvgIpc) is 3.07. The van der Waals surface area contributed by atoms with Crippen LogP contribution in [0.15, 0.2) is 0 Å². The van der Waals surface area contributed by atoms with Crippen LogP contribution in [0.1, 0.15) is 64.2 Å². The summed E-state index contributed by atoms with van der Waals surface area (Å²) in [5.74, 6) is 1.14. The Hall–Kier alpha value is -0.570. The fourth-order valence-corrected chi connectivity index (χ4v) is 4.68. The van der Waals surface area contributed by atoms with Gasteiger partial charge in [0.25, 0.3) is 0 Å². The summed E-state index contributed by atoms with van der Waals surface area (Å²) in [4.78, 5) is 17.4. The molecule has 0 aromatic heterocycles. The van der Waals surface area contributed by atoms with Crippen molar-refractivity contribution in [3.05, 3.63) is 0 Å². The molecule has 0 bridgehead atoms. The van der Waals surface area contributed by atoms with Crippen LogP contribution in [-0.4, -0.2) is 47.9 Å². The molecule has 1 aliphatic carbocycles. The van der Waals surface area contributed by atoms with E-state index in [1.165, 1.54) is 64.3 Å². The Kier molecular flexibility index (Phi) is 4.65. The second-order valence-corrected chi connectivity index (χ2v) is 7.20. The van der Waals surface area contributed by atoms with Gasteiger partial charge in [-0.1, -0.05) is 19.3 Å². The first-order valence-electron chi connectivity index (χ1n) is 8.75. The molecular formula is C17H30N2O. The van der Waals surface area contributed by atoms with Gasteiger partial charge in [0.1, 0.15) is 0 Å². The van der Waals surface area contributed by atoms with Crippen LogP contribution in [-0.2, 0) is 4.79 Å². The second-order valence-electron chi connectivity index (χ2n) is 7.20. The van der Waals surface area contributed by atoms with Gasteiger partial charge in [-0.3, -0.25) is 4.79 Å². The number of nitrogens with zero attached hydrogens (tertiary/aromatic N) is 2. The zero-order valence-electron chi connectivity index (χ0n) is 13.0. The molecule has 1 amide bonds. The minimum atomic E-state index is 0.458. The topological polar surface area (TPSA) is 23.6 Å². The fourth-order valence-electron chi connectivity index (χ4n) is 4.68. The summed E-state index contributed by atoms with van der Waals surface area (Å²) < 4.78 is 0. The SMILES string of the molecule is CN1CCC[C@@H]1[C@H]1CCCN1C(=O)CC1CCCCC1. The predicted molar refractivity (Wildman–Crippen MR) is 81.6 cm³/mol. The number of carbonyl (C=O) groups is 1. The summed E-state index contributed by atoms with van der Waals surface area (Å²) in [7, 11) is 2.24. The number of likely N-dealkylation sites (N-methyl/N-ethyl adjacent to an activating group) is 1. The highest BCUT2D eigenvalue weighted by Gasteiger charge is 2.38. The zero-order chi connectivity index (χ0) is 13.9. The molecule has 2 aliphatic heterocycles. The van der Waals surface area contributed by atoms with Gasteiger partial charge in [0, 0.05) is 25.0 Å². The molecule has 3 fully saturated rings. The minimum absolute atomic E-state index is 0.458. The molecule has 2 saturated heterocycles. The first kappa shape index (κ1) is 14.4. The van der Waals surface area contributed by atoms with Crippen molar-refractivity contribution in [1.82, 2.24) is 9.80 Å². The molecule has 3 rings (SSSR count). The Morgan fingerprint density at radius 2 is 1.60 bits per heavy atom. The number of amides is 1. The van der Waals surface area contributed by atoms with Crippen molar-refractivity contribution < 1.29 is 4.79 Å². The van der Waals surface area contributed by atoms with Gasteiger partial charge in [0.05, 0.1) is 0 Å². The van der Waals surface area contributed by atoms with E-state index >= 15 is 0 Å². The van der Waals surface area contributed by atoms with E-state index in [1.807, 2.05) is 0 Å². The van der Waals surface area contributed by atoms with Crippen LogP contribution in [0.5, 0.6) is 0 Å². The quantitative estimate of drug-likeness (QED) is 0.792. The lowest BCUT2D eigenvalue weighted by atomic mass is 9.86. The van der Waals surface area contributed by atoms with Crippen LogP contribution in [0.4, 0.5) is 0 Å². The summed E-state index contributed by atoms with van der Waals surface area (Å²) in [5, 5.41) is 0. The van der Waals surface area contributed by atoms with Crippen LogP contribution in [0, 0.1) is 5.92 Å². The summed E-state index contributed by atoms with van der Waals surface area (Å²) in [5.41, 5.74) is 0. The molecule has 2 heterocycles. The monoisotopic (exact) mass is 278 g/mol. The van der Waals surface area contributed by atoms with Crippen LogP contribution >= 0.6 is 0 Å². The molecule has 0 spiro atoms. The van der Waals surface area contributed by atoms with E-state index in [-0.39, 0.29) is 0 Å². The third kappa shape index (κ3) is 3.03. The Balaban J connectivity index is 1.58. The third-order valence-corrected chi connectivity index (χ3v) is 5.83.